The minimum Gasteiger partial charge on any atom is -0.490 e. The van der Waals surface area contributed by atoms with Gasteiger partial charge in [-0.05, 0) is 34.7 Å². The van der Waals surface area contributed by atoms with E-state index >= 15 is 0 Å². The Morgan fingerprint density at radius 3 is 2.91 bits per heavy atom. The molecule has 0 bridgehead atoms. The van der Waals surface area contributed by atoms with Crippen molar-refractivity contribution in [2.45, 2.75) is 0 Å². The number of hydrogen-bond acceptors (Lipinski definition) is 3. The van der Waals surface area contributed by atoms with Crippen molar-refractivity contribution >= 4 is 22.6 Å². The number of rotatable bonds is 3. The summed E-state index contributed by atoms with van der Waals surface area (Å²) in [5.74, 6) is 0.694. The normalized spacial score (nSPS) is 9.64. The van der Waals surface area contributed by atoms with Gasteiger partial charge in [0.05, 0.1) is 12.8 Å². The number of ether oxygens (including phenoxy) is 1. The fourth-order valence-electron chi connectivity index (χ4n) is 0.611. The molecule has 60 valence electrons. The van der Waals surface area contributed by atoms with Gasteiger partial charge in [0.2, 0.25) is 0 Å². The third-order valence-electron chi connectivity index (χ3n) is 1.06. The molecule has 1 aromatic rings. The summed E-state index contributed by atoms with van der Waals surface area (Å²) in [5.41, 5.74) is 0. The van der Waals surface area contributed by atoms with Crippen molar-refractivity contribution in [3.05, 3.63) is 22.0 Å². The number of aromatic nitrogens is 1. The van der Waals surface area contributed by atoms with E-state index in [9.17, 15) is 0 Å². The lowest BCUT2D eigenvalue weighted by atomic mass is 10.5. The van der Waals surface area contributed by atoms with Crippen molar-refractivity contribution in [1.82, 2.24) is 4.98 Å². The second-order valence-corrected chi connectivity index (χ2v) is 2.99. The van der Waals surface area contributed by atoms with E-state index in [4.69, 9.17) is 9.84 Å². The number of aliphatic hydroxyl groups excluding tert-OH is 1. The molecular formula is C7H8INO2. The molecule has 4 heteroatoms. The Labute approximate surface area is 78.6 Å². The molecule has 0 unspecified atom stereocenters. The van der Waals surface area contributed by atoms with E-state index in [2.05, 4.69) is 27.6 Å². The van der Waals surface area contributed by atoms with Crippen LogP contribution < -0.4 is 4.74 Å². The summed E-state index contributed by atoms with van der Waals surface area (Å²) in [6.07, 6.45) is 1.64. The van der Waals surface area contributed by atoms with Gasteiger partial charge in [0.25, 0.3) is 0 Å². The highest BCUT2D eigenvalue weighted by Crippen LogP contribution is 2.09. The highest BCUT2D eigenvalue weighted by Gasteiger charge is 1.92. The molecule has 0 amide bonds. The first-order valence-electron chi connectivity index (χ1n) is 3.18. The van der Waals surface area contributed by atoms with Crippen molar-refractivity contribution in [3.63, 3.8) is 0 Å². The van der Waals surface area contributed by atoms with Crippen LogP contribution in [0.2, 0.25) is 0 Å². The summed E-state index contributed by atoms with van der Waals surface area (Å²) < 4.78 is 6.02. The van der Waals surface area contributed by atoms with Crippen LogP contribution in [0.15, 0.2) is 18.3 Å². The van der Waals surface area contributed by atoms with Gasteiger partial charge in [-0.25, -0.2) is 4.98 Å². The largest absolute Gasteiger partial charge is 0.490 e. The predicted molar refractivity (Wildman–Crippen MR) is 49.5 cm³/mol. The molecule has 0 fully saturated rings. The molecule has 1 rings (SSSR count). The number of halogens is 1. The third kappa shape index (κ3) is 3.02. The monoisotopic (exact) mass is 265 g/mol. The van der Waals surface area contributed by atoms with Crippen LogP contribution in [0.25, 0.3) is 0 Å². The van der Waals surface area contributed by atoms with E-state index in [1.165, 1.54) is 0 Å². The zero-order valence-electron chi connectivity index (χ0n) is 5.83. The second-order valence-electron chi connectivity index (χ2n) is 1.89. The molecule has 0 atom stereocenters. The van der Waals surface area contributed by atoms with E-state index in [0.29, 0.717) is 12.4 Å². The zero-order chi connectivity index (χ0) is 8.10. The number of hydrogen-bond donors (Lipinski definition) is 1. The van der Waals surface area contributed by atoms with E-state index in [1.807, 2.05) is 12.1 Å². The molecule has 0 aliphatic heterocycles. The average molecular weight is 265 g/mol. The predicted octanol–water partition coefficient (Wildman–Crippen LogP) is 1.06. The Bertz CT molecular complexity index is 212. The van der Waals surface area contributed by atoms with Crippen LogP contribution in [0.5, 0.6) is 5.75 Å². The Morgan fingerprint density at radius 1 is 1.55 bits per heavy atom. The van der Waals surface area contributed by atoms with Crippen molar-refractivity contribution in [1.29, 1.82) is 0 Å². The van der Waals surface area contributed by atoms with Crippen LogP contribution >= 0.6 is 22.6 Å². The summed E-state index contributed by atoms with van der Waals surface area (Å²) in [6.45, 7) is 0.355. The van der Waals surface area contributed by atoms with Gasteiger partial charge in [-0.2, -0.15) is 0 Å². The molecule has 11 heavy (non-hydrogen) atoms. The molecule has 0 saturated carbocycles. The molecule has 1 aromatic heterocycles. The molecule has 0 aliphatic rings. The number of nitrogens with zero attached hydrogens (tertiary/aromatic N) is 1. The Morgan fingerprint density at radius 2 is 2.36 bits per heavy atom. The molecule has 1 heterocycles. The molecule has 1 N–H and O–H groups in total. The van der Waals surface area contributed by atoms with Crippen molar-refractivity contribution in [3.8, 4) is 5.75 Å². The summed E-state index contributed by atoms with van der Waals surface area (Å²) in [5, 5.41) is 8.44. The quantitative estimate of drug-likeness (QED) is 0.656. The first-order chi connectivity index (χ1) is 5.33. The van der Waals surface area contributed by atoms with Crippen LogP contribution in [-0.2, 0) is 0 Å². The Balaban J connectivity index is 2.52. The van der Waals surface area contributed by atoms with Gasteiger partial charge in [0, 0.05) is 0 Å². The van der Waals surface area contributed by atoms with Crippen LogP contribution in [-0.4, -0.2) is 23.3 Å². The van der Waals surface area contributed by atoms with Crippen molar-refractivity contribution in [2.24, 2.45) is 0 Å². The molecule has 0 aliphatic carbocycles. The molecule has 0 aromatic carbocycles. The van der Waals surface area contributed by atoms with Crippen molar-refractivity contribution < 1.29 is 9.84 Å². The lowest BCUT2D eigenvalue weighted by Gasteiger charge is -2.01. The van der Waals surface area contributed by atoms with Crippen LogP contribution in [0.4, 0.5) is 0 Å². The zero-order valence-corrected chi connectivity index (χ0v) is 7.98. The summed E-state index contributed by atoms with van der Waals surface area (Å²) >= 11 is 2.12. The van der Waals surface area contributed by atoms with E-state index in [1.54, 1.807) is 6.20 Å². The maximum Gasteiger partial charge on any atom is 0.137 e. The van der Waals surface area contributed by atoms with Crippen molar-refractivity contribution in [2.75, 3.05) is 13.2 Å². The third-order valence-corrected chi connectivity index (χ3v) is 1.70. The molecular weight excluding hydrogens is 257 g/mol. The van der Waals surface area contributed by atoms with Gasteiger partial charge in [0.15, 0.2) is 0 Å². The average Bonchev–Trinajstić information content (AvgIpc) is 2.04. The smallest absolute Gasteiger partial charge is 0.137 e. The molecule has 0 radical (unpaired) electrons. The van der Waals surface area contributed by atoms with E-state index in [-0.39, 0.29) is 6.61 Å². The lowest BCUT2D eigenvalue weighted by molar-refractivity contribution is 0.201. The van der Waals surface area contributed by atoms with Gasteiger partial charge in [0.1, 0.15) is 16.1 Å². The first-order valence-corrected chi connectivity index (χ1v) is 4.26. The van der Waals surface area contributed by atoms with Gasteiger partial charge in [-0.15, -0.1) is 0 Å². The van der Waals surface area contributed by atoms with Gasteiger partial charge in [-0.3, -0.25) is 0 Å². The Kier molecular flexibility index (Phi) is 3.58. The standard InChI is InChI=1S/C7H8INO2/c8-7-2-1-6(5-9-7)11-4-3-10/h1-2,5,10H,3-4H2. The highest BCUT2D eigenvalue weighted by atomic mass is 127. The number of pyridine rings is 1. The second kappa shape index (κ2) is 4.50. The fraction of sp³-hybridized carbons (Fsp3) is 0.286. The molecule has 0 saturated heterocycles. The van der Waals surface area contributed by atoms with E-state index in [0.717, 1.165) is 3.70 Å². The molecule has 0 spiro atoms. The summed E-state index contributed by atoms with van der Waals surface area (Å²) in [4.78, 5) is 4.01. The lowest BCUT2D eigenvalue weighted by Crippen LogP contribution is -2.01. The van der Waals surface area contributed by atoms with E-state index < -0.39 is 0 Å². The van der Waals surface area contributed by atoms with Gasteiger partial charge < -0.3 is 9.84 Å². The topological polar surface area (TPSA) is 42.4 Å². The SMILES string of the molecule is OCCOc1ccc(I)nc1. The number of aliphatic hydroxyl groups is 1. The highest BCUT2D eigenvalue weighted by molar-refractivity contribution is 14.1. The van der Waals surface area contributed by atoms with Gasteiger partial charge in [-0.1, -0.05) is 0 Å². The minimum atomic E-state index is 0.0337. The van der Waals surface area contributed by atoms with Crippen LogP contribution in [0.3, 0.4) is 0 Å². The van der Waals surface area contributed by atoms with Crippen LogP contribution in [0.1, 0.15) is 0 Å². The summed E-state index contributed by atoms with van der Waals surface area (Å²) in [7, 11) is 0. The Hall–Kier alpha value is -0.360. The van der Waals surface area contributed by atoms with Crippen LogP contribution in [0, 0.1) is 3.70 Å². The minimum absolute atomic E-state index is 0.0337. The fourth-order valence-corrected chi connectivity index (χ4v) is 0.930. The maximum atomic E-state index is 8.44. The summed E-state index contributed by atoms with van der Waals surface area (Å²) in [6, 6.07) is 3.68. The van der Waals surface area contributed by atoms with Gasteiger partial charge >= 0.3 is 0 Å². The maximum absolute atomic E-state index is 8.44. The first kappa shape index (κ1) is 8.73. The molecule has 3 nitrogen and oxygen atoms in total.